The highest BCUT2D eigenvalue weighted by Gasteiger charge is 2.29. The summed E-state index contributed by atoms with van der Waals surface area (Å²) in [5, 5.41) is 0.547. The van der Waals surface area contributed by atoms with Crippen LogP contribution in [0.5, 0.6) is 17.2 Å². The summed E-state index contributed by atoms with van der Waals surface area (Å²) in [6.45, 7) is 0. The first kappa shape index (κ1) is 23.2. The summed E-state index contributed by atoms with van der Waals surface area (Å²) in [7, 11) is 1.54. The summed E-state index contributed by atoms with van der Waals surface area (Å²) in [6.07, 6.45) is 1.53. The van der Waals surface area contributed by atoms with Crippen LogP contribution < -0.4 is 14.2 Å². The molecular formula is C31H19FO6. The Bertz CT molecular complexity index is 1730. The molecule has 7 heteroatoms. The lowest BCUT2D eigenvalue weighted by Crippen LogP contribution is -2.09. The Kier molecular flexibility index (Phi) is 5.73. The lowest BCUT2D eigenvalue weighted by molar-refractivity contribution is 0.0736. The largest absolute Gasteiger partial charge is 0.497 e. The van der Waals surface area contributed by atoms with Crippen molar-refractivity contribution < 1.29 is 32.6 Å². The Morgan fingerprint density at radius 3 is 2.42 bits per heavy atom. The maximum Gasteiger partial charge on any atom is 0.348 e. The van der Waals surface area contributed by atoms with Gasteiger partial charge in [0, 0.05) is 17.0 Å². The minimum atomic E-state index is -0.637. The molecule has 1 aliphatic rings. The molecule has 6 nitrogen and oxygen atoms in total. The molecule has 1 aliphatic heterocycles. The molecule has 0 fully saturated rings. The molecule has 0 spiro atoms. The molecule has 0 bridgehead atoms. The van der Waals surface area contributed by atoms with Crippen LogP contribution in [0, 0.1) is 5.82 Å². The van der Waals surface area contributed by atoms with Crippen LogP contribution in [0.15, 0.2) is 101 Å². The van der Waals surface area contributed by atoms with Crippen molar-refractivity contribution in [3.8, 4) is 28.6 Å². The number of fused-ring (bicyclic) bond motifs is 2. The Morgan fingerprint density at radius 1 is 0.895 bits per heavy atom. The zero-order valence-electron chi connectivity index (χ0n) is 20.1. The average Bonchev–Trinajstić information content (AvgIpc) is 3.47. The number of halogens is 1. The summed E-state index contributed by atoms with van der Waals surface area (Å²) in [5.74, 6) is 0.155. The fraction of sp³-hybridized carbons (Fsp3) is 0.0323. The molecule has 6 rings (SSSR count). The van der Waals surface area contributed by atoms with Gasteiger partial charge in [0.25, 0.3) is 0 Å². The summed E-state index contributed by atoms with van der Waals surface area (Å²) < 4.78 is 36.1. The van der Waals surface area contributed by atoms with Crippen molar-refractivity contribution in [3.05, 3.63) is 119 Å². The number of furan rings is 1. The number of carbonyl (C=O) groups excluding carboxylic acids is 2. The molecule has 4 aromatic carbocycles. The quantitative estimate of drug-likeness (QED) is 0.144. The number of rotatable bonds is 5. The number of Topliss-reactive ketones (excluding diaryl/α,β-unsaturated/α-hetero) is 1. The van der Waals surface area contributed by atoms with E-state index in [1.54, 1.807) is 43.5 Å². The van der Waals surface area contributed by atoms with Crippen LogP contribution in [-0.4, -0.2) is 18.9 Å². The Hall–Kier alpha value is -5.17. The number of allylic oxidation sites excluding steroid dienone is 1. The second-order valence-electron chi connectivity index (χ2n) is 8.57. The molecule has 0 N–H and O–H groups in total. The lowest BCUT2D eigenvalue weighted by atomic mass is 10.1. The molecule has 0 saturated heterocycles. The van der Waals surface area contributed by atoms with Gasteiger partial charge in [0.15, 0.2) is 5.76 Å². The minimum absolute atomic E-state index is 0.0920. The van der Waals surface area contributed by atoms with E-state index < -0.39 is 5.97 Å². The van der Waals surface area contributed by atoms with Crippen LogP contribution in [0.25, 0.3) is 28.4 Å². The van der Waals surface area contributed by atoms with Crippen molar-refractivity contribution in [1.82, 2.24) is 0 Å². The van der Waals surface area contributed by atoms with E-state index in [9.17, 15) is 14.0 Å². The Morgan fingerprint density at radius 2 is 1.66 bits per heavy atom. The van der Waals surface area contributed by atoms with Gasteiger partial charge in [0.2, 0.25) is 5.78 Å². The molecule has 186 valence electrons. The van der Waals surface area contributed by atoms with E-state index in [1.165, 1.54) is 30.3 Å². The highest BCUT2D eigenvalue weighted by atomic mass is 19.1. The van der Waals surface area contributed by atoms with E-state index in [4.69, 9.17) is 18.6 Å². The highest BCUT2D eigenvalue weighted by molar-refractivity contribution is 6.15. The number of hydrogen-bond donors (Lipinski definition) is 0. The fourth-order valence-corrected chi connectivity index (χ4v) is 4.30. The number of hydrogen-bond acceptors (Lipinski definition) is 6. The van der Waals surface area contributed by atoms with Crippen LogP contribution in [0.2, 0.25) is 0 Å². The monoisotopic (exact) mass is 506 g/mol. The van der Waals surface area contributed by atoms with E-state index in [1.807, 2.05) is 30.3 Å². The number of carbonyl (C=O) groups is 2. The molecular weight excluding hydrogens is 487 g/mol. The van der Waals surface area contributed by atoms with Gasteiger partial charge < -0.3 is 18.6 Å². The van der Waals surface area contributed by atoms with Crippen molar-refractivity contribution in [2.24, 2.45) is 0 Å². The standard InChI is InChI=1S/C31H19FO6/c1-35-21-12-14-25-24(16-21)28(30(38-25)19-5-3-2-4-6-19)31(34)36-22-11-13-23-26(17-22)37-27(29(23)33)15-18-7-9-20(32)10-8-18/h2-17H,1H3/b27-15-. The van der Waals surface area contributed by atoms with Gasteiger partial charge in [-0.15, -0.1) is 0 Å². The Balaban J connectivity index is 1.33. The van der Waals surface area contributed by atoms with Gasteiger partial charge in [-0.25, -0.2) is 9.18 Å². The number of methoxy groups -OCH3 is 1. The molecule has 1 aromatic heterocycles. The van der Waals surface area contributed by atoms with Crippen LogP contribution >= 0.6 is 0 Å². The molecule has 0 saturated carbocycles. The molecule has 5 aromatic rings. The smallest absolute Gasteiger partial charge is 0.348 e. The number of ether oxygens (including phenoxy) is 3. The molecule has 0 atom stereocenters. The van der Waals surface area contributed by atoms with Crippen LogP contribution in [0.4, 0.5) is 4.39 Å². The van der Waals surface area contributed by atoms with Gasteiger partial charge in [-0.05, 0) is 54.1 Å². The normalized spacial score (nSPS) is 13.4. The zero-order chi connectivity index (χ0) is 26.2. The minimum Gasteiger partial charge on any atom is -0.497 e. The van der Waals surface area contributed by atoms with E-state index >= 15 is 0 Å². The van der Waals surface area contributed by atoms with Gasteiger partial charge in [0.05, 0.1) is 12.7 Å². The summed E-state index contributed by atoms with van der Waals surface area (Å²) >= 11 is 0. The molecule has 38 heavy (non-hydrogen) atoms. The highest BCUT2D eigenvalue weighted by Crippen LogP contribution is 2.38. The summed E-state index contributed by atoms with van der Waals surface area (Å²) in [4.78, 5) is 26.3. The van der Waals surface area contributed by atoms with E-state index in [2.05, 4.69) is 0 Å². The third kappa shape index (κ3) is 4.20. The van der Waals surface area contributed by atoms with Crippen LogP contribution in [0.3, 0.4) is 0 Å². The van der Waals surface area contributed by atoms with Gasteiger partial charge in [-0.1, -0.05) is 42.5 Å². The third-order valence-corrected chi connectivity index (χ3v) is 6.15. The predicted molar refractivity (Wildman–Crippen MR) is 139 cm³/mol. The fourth-order valence-electron chi connectivity index (χ4n) is 4.30. The van der Waals surface area contributed by atoms with E-state index in [0.717, 1.165) is 0 Å². The van der Waals surface area contributed by atoms with E-state index in [0.29, 0.717) is 39.2 Å². The third-order valence-electron chi connectivity index (χ3n) is 6.15. The van der Waals surface area contributed by atoms with Crippen LogP contribution in [0.1, 0.15) is 26.3 Å². The van der Waals surface area contributed by atoms with Crippen molar-refractivity contribution in [2.45, 2.75) is 0 Å². The zero-order valence-corrected chi connectivity index (χ0v) is 20.1. The van der Waals surface area contributed by atoms with Crippen molar-refractivity contribution in [1.29, 1.82) is 0 Å². The van der Waals surface area contributed by atoms with E-state index in [-0.39, 0.29) is 34.4 Å². The number of ketones is 1. The summed E-state index contributed by atoms with van der Waals surface area (Å²) in [6, 6.07) is 24.7. The summed E-state index contributed by atoms with van der Waals surface area (Å²) in [5.41, 5.74) is 2.43. The maximum atomic E-state index is 13.5. The van der Waals surface area contributed by atoms with Gasteiger partial charge >= 0.3 is 5.97 Å². The predicted octanol–water partition coefficient (Wildman–Crippen LogP) is 7.08. The first-order valence-electron chi connectivity index (χ1n) is 11.7. The topological polar surface area (TPSA) is 75.0 Å². The van der Waals surface area contributed by atoms with Crippen LogP contribution in [-0.2, 0) is 0 Å². The molecule has 0 amide bonds. The Labute approximate surface area is 216 Å². The van der Waals surface area contributed by atoms with Gasteiger partial charge in [0.1, 0.15) is 40.0 Å². The van der Waals surface area contributed by atoms with Gasteiger partial charge in [-0.2, -0.15) is 0 Å². The first-order chi connectivity index (χ1) is 18.5. The van der Waals surface area contributed by atoms with Crippen molar-refractivity contribution >= 4 is 28.8 Å². The maximum absolute atomic E-state index is 13.5. The lowest BCUT2D eigenvalue weighted by Gasteiger charge is -2.07. The SMILES string of the molecule is COc1ccc2oc(-c3ccccc3)c(C(=O)Oc3ccc4c(c3)O/C(=C\c3ccc(F)cc3)C4=O)c2c1. The molecule has 0 aliphatic carbocycles. The molecule has 2 heterocycles. The number of esters is 1. The molecule has 0 radical (unpaired) electrons. The number of benzene rings is 4. The second kappa shape index (κ2) is 9.37. The van der Waals surface area contributed by atoms with Gasteiger partial charge in [-0.3, -0.25) is 4.79 Å². The second-order valence-corrected chi connectivity index (χ2v) is 8.57. The average molecular weight is 506 g/mol. The molecule has 0 unspecified atom stereocenters. The first-order valence-corrected chi connectivity index (χ1v) is 11.7. The van der Waals surface area contributed by atoms with Crippen molar-refractivity contribution in [2.75, 3.05) is 7.11 Å². The van der Waals surface area contributed by atoms with Crippen molar-refractivity contribution in [3.63, 3.8) is 0 Å².